The molecule has 0 bridgehead atoms. The largest absolute Gasteiger partial charge is 0.469 e. The minimum Gasteiger partial charge on any atom is -0.469 e. The van der Waals surface area contributed by atoms with Crippen LogP contribution < -0.4 is 0 Å². The highest BCUT2D eigenvalue weighted by molar-refractivity contribution is 5.72. The Bertz CT molecular complexity index is 445. The molecule has 1 aliphatic carbocycles. The Hall–Kier alpha value is -1.30. The van der Waals surface area contributed by atoms with Gasteiger partial charge in [0.05, 0.1) is 31.8 Å². The summed E-state index contributed by atoms with van der Waals surface area (Å²) in [4.78, 5) is 25.8. The van der Waals surface area contributed by atoms with Gasteiger partial charge >= 0.3 is 12.1 Å². The van der Waals surface area contributed by atoms with E-state index in [9.17, 15) is 9.59 Å². The van der Waals surface area contributed by atoms with Crippen molar-refractivity contribution in [3.05, 3.63) is 0 Å². The lowest BCUT2D eigenvalue weighted by Crippen LogP contribution is -2.42. The Labute approximate surface area is 144 Å². The zero-order valence-corrected chi connectivity index (χ0v) is 15.4. The highest BCUT2D eigenvalue weighted by Crippen LogP contribution is 2.28. The zero-order valence-electron chi connectivity index (χ0n) is 15.4. The van der Waals surface area contributed by atoms with E-state index >= 15 is 0 Å². The molecular formula is C18H31NO5. The van der Waals surface area contributed by atoms with Crippen molar-refractivity contribution >= 4 is 12.1 Å². The molecule has 1 saturated carbocycles. The summed E-state index contributed by atoms with van der Waals surface area (Å²) in [5.74, 6) is -0.196. The van der Waals surface area contributed by atoms with Gasteiger partial charge in [-0.3, -0.25) is 4.79 Å². The van der Waals surface area contributed by atoms with Crippen LogP contribution in [-0.4, -0.2) is 55.0 Å². The first-order chi connectivity index (χ1) is 11.3. The van der Waals surface area contributed by atoms with E-state index in [0.717, 1.165) is 38.6 Å². The van der Waals surface area contributed by atoms with Gasteiger partial charge in [0, 0.05) is 6.54 Å². The summed E-state index contributed by atoms with van der Waals surface area (Å²) in [5, 5.41) is 0. The average Bonchev–Trinajstić information content (AvgIpc) is 2.99. The number of carbonyl (C=O) groups excluding carboxylic acids is 2. The van der Waals surface area contributed by atoms with Crippen LogP contribution >= 0.6 is 0 Å². The van der Waals surface area contributed by atoms with Gasteiger partial charge < -0.3 is 19.1 Å². The fourth-order valence-electron chi connectivity index (χ4n) is 3.49. The lowest BCUT2D eigenvalue weighted by molar-refractivity contribution is -0.148. The molecule has 2 aliphatic rings. The van der Waals surface area contributed by atoms with E-state index in [4.69, 9.17) is 14.2 Å². The number of rotatable bonds is 4. The van der Waals surface area contributed by atoms with Crippen LogP contribution in [0.25, 0.3) is 0 Å². The molecule has 1 saturated heterocycles. The van der Waals surface area contributed by atoms with Gasteiger partial charge in [0.1, 0.15) is 5.60 Å². The first-order valence-electron chi connectivity index (χ1n) is 8.99. The highest BCUT2D eigenvalue weighted by Gasteiger charge is 2.34. The number of esters is 1. The second-order valence-corrected chi connectivity index (χ2v) is 7.81. The van der Waals surface area contributed by atoms with Gasteiger partial charge in [-0.05, 0) is 52.9 Å². The maximum Gasteiger partial charge on any atom is 0.410 e. The molecule has 138 valence electrons. The van der Waals surface area contributed by atoms with E-state index < -0.39 is 5.60 Å². The van der Waals surface area contributed by atoms with Crippen molar-refractivity contribution in [1.29, 1.82) is 0 Å². The first-order valence-corrected chi connectivity index (χ1v) is 8.99. The molecule has 0 aromatic carbocycles. The second-order valence-electron chi connectivity index (χ2n) is 7.81. The summed E-state index contributed by atoms with van der Waals surface area (Å²) in [6.07, 6.45) is 5.26. The van der Waals surface area contributed by atoms with Crippen molar-refractivity contribution in [1.82, 2.24) is 4.90 Å². The zero-order chi connectivity index (χ0) is 17.7. The van der Waals surface area contributed by atoms with Crippen LogP contribution in [0, 0.1) is 5.92 Å². The molecule has 0 aromatic heterocycles. The van der Waals surface area contributed by atoms with Crippen LogP contribution in [0.4, 0.5) is 4.79 Å². The molecule has 24 heavy (non-hydrogen) atoms. The van der Waals surface area contributed by atoms with Crippen LogP contribution in [-0.2, 0) is 19.0 Å². The minimum atomic E-state index is -0.484. The Kier molecular flexibility index (Phi) is 6.49. The molecule has 1 amide bonds. The minimum absolute atomic E-state index is 0.0562. The number of methoxy groups -OCH3 is 1. The Morgan fingerprint density at radius 1 is 1.12 bits per heavy atom. The third kappa shape index (κ3) is 5.36. The topological polar surface area (TPSA) is 65.1 Å². The Morgan fingerprint density at radius 3 is 2.54 bits per heavy atom. The van der Waals surface area contributed by atoms with Crippen molar-refractivity contribution < 1.29 is 23.8 Å². The molecule has 1 heterocycles. The summed E-state index contributed by atoms with van der Waals surface area (Å²) in [7, 11) is 1.43. The maximum atomic E-state index is 12.3. The maximum absolute atomic E-state index is 12.3. The fraction of sp³-hybridized carbons (Fsp3) is 0.889. The van der Waals surface area contributed by atoms with Gasteiger partial charge in [-0.15, -0.1) is 0 Å². The van der Waals surface area contributed by atoms with Crippen molar-refractivity contribution in [3.63, 3.8) is 0 Å². The van der Waals surface area contributed by atoms with Crippen molar-refractivity contribution in [3.8, 4) is 0 Å². The molecule has 0 N–H and O–H groups in total. The van der Waals surface area contributed by atoms with E-state index in [1.165, 1.54) is 7.11 Å². The van der Waals surface area contributed by atoms with Crippen LogP contribution in [0.5, 0.6) is 0 Å². The number of nitrogens with zero attached hydrogens (tertiary/aromatic N) is 1. The number of ether oxygens (including phenoxy) is 3. The predicted molar refractivity (Wildman–Crippen MR) is 89.7 cm³/mol. The van der Waals surface area contributed by atoms with E-state index in [1.54, 1.807) is 4.90 Å². The Balaban J connectivity index is 1.82. The molecule has 6 nitrogen and oxygen atoms in total. The average molecular weight is 341 g/mol. The smallest absolute Gasteiger partial charge is 0.410 e. The lowest BCUT2D eigenvalue weighted by Gasteiger charge is -2.31. The van der Waals surface area contributed by atoms with Crippen molar-refractivity contribution in [2.24, 2.45) is 5.92 Å². The molecule has 0 radical (unpaired) electrons. The normalized spacial score (nSPS) is 27.8. The lowest BCUT2D eigenvalue weighted by atomic mass is 9.87. The monoisotopic (exact) mass is 341 g/mol. The summed E-state index contributed by atoms with van der Waals surface area (Å²) in [5.41, 5.74) is -0.484. The summed E-state index contributed by atoms with van der Waals surface area (Å²) >= 11 is 0. The van der Waals surface area contributed by atoms with Crippen LogP contribution in [0.1, 0.15) is 59.3 Å². The van der Waals surface area contributed by atoms with Crippen molar-refractivity contribution in [2.45, 2.75) is 77.0 Å². The van der Waals surface area contributed by atoms with Crippen LogP contribution in [0.3, 0.4) is 0 Å². The summed E-state index contributed by atoms with van der Waals surface area (Å²) in [6.45, 7) is 6.86. The van der Waals surface area contributed by atoms with Crippen LogP contribution in [0.15, 0.2) is 0 Å². The van der Waals surface area contributed by atoms with Crippen LogP contribution in [0.2, 0.25) is 0 Å². The third-order valence-electron chi connectivity index (χ3n) is 4.69. The molecular weight excluding hydrogens is 310 g/mol. The van der Waals surface area contributed by atoms with Gasteiger partial charge in [0.25, 0.3) is 0 Å². The van der Waals surface area contributed by atoms with Gasteiger partial charge in [-0.25, -0.2) is 4.79 Å². The third-order valence-corrected chi connectivity index (χ3v) is 4.69. The SMILES string of the molecule is COC(=O)C1CCCC(OC[C@@H]2CCCN2C(=O)OC(C)(C)C)C1. The quantitative estimate of drug-likeness (QED) is 0.735. The molecule has 2 fully saturated rings. The molecule has 1 aliphatic heterocycles. The molecule has 0 aromatic rings. The molecule has 2 unspecified atom stereocenters. The number of hydrogen-bond acceptors (Lipinski definition) is 5. The number of hydrogen-bond donors (Lipinski definition) is 0. The van der Waals surface area contributed by atoms with Crippen molar-refractivity contribution in [2.75, 3.05) is 20.3 Å². The van der Waals surface area contributed by atoms with Gasteiger partial charge in [0.15, 0.2) is 0 Å². The fourth-order valence-corrected chi connectivity index (χ4v) is 3.49. The molecule has 0 spiro atoms. The number of likely N-dealkylation sites (tertiary alicyclic amines) is 1. The van der Waals surface area contributed by atoms with Gasteiger partial charge in [0.2, 0.25) is 0 Å². The van der Waals surface area contributed by atoms with Gasteiger partial charge in [-0.2, -0.15) is 0 Å². The standard InChI is InChI=1S/C18H31NO5/c1-18(2,3)24-17(21)19-10-6-8-14(19)12-23-15-9-5-7-13(11-15)16(20)22-4/h13-15H,5-12H2,1-4H3/t13?,14-,15?/m0/s1. The molecule has 3 atom stereocenters. The van der Waals surface area contributed by atoms with E-state index in [1.807, 2.05) is 20.8 Å². The van der Waals surface area contributed by atoms with E-state index in [0.29, 0.717) is 13.0 Å². The van der Waals surface area contributed by atoms with E-state index in [2.05, 4.69) is 0 Å². The summed E-state index contributed by atoms with van der Waals surface area (Å²) < 4.78 is 16.4. The second kappa shape index (κ2) is 8.19. The molecule has 6 heteroatoms. The molecule has 2 rings (SSSR count). The summed E-state index contributed by atoms with van der Waals surface area (Å²) in [6, 6.07) is 0.0679. The number of amides is 1. The van der Waals surface area contributed by atoms with Gasteiger partial charge in [-0.1, -0.05) is 6.42 Å². The first kappa shape index (κ1) is 19.0. The van der Waals surface area contributed by atoms with E-state index in [-0.39, 0.29) is 30.1 Å². The predicted octanol–water partition coefficient (Wildman–Crippen LogP) is 3.13. The Morgan fingerprint density at radius 2 is 1.88 bits per heavy atom. The number of carbonyl (C=O) groups is 2. The highest BCUT2D eigenvalue weighted by atomic mass is 16.6.